The second-order valence-corrected chi connectivity index (χ2v) is 6.66. The van der Waals surface area contributed by atoms with E-state index < -0.39 is 0 Å². The molecule has 1 heterocycles. The number of furan rings is 1. The maximum Gasteiger partial charge on any atom is 0.191 e. The van der Waals surface area contributed by atoms with E-state index in [0.29, 0.717) is 19.8 Å². The predicted molar refractivity (Wildman–Crippen MR) is 110 cm³/mol. The summed E-state index contributed by atoms with van der Waals surface area (Å²) in [5, 5.41) is 6.63. The Morgan fingerprint density at radius 2 is 1.89 bits per heavy atom. The molecular weight excluding hydrogens is 340 g/mol. The van der Waals surface area contributed by atoms with Crippen LogP contribution in [0.4, 0.5) is 0 Å². The van der Waals surface area contributed by atoms with Crippen LogP contribution in [0.3, 0.4) is 0 Å². The summed E-state index contributed by atoms with van der Waals surface area (Å²) in [4.78, 5) is 6.83. The lowest BCUT2D eigenvalue weighted by Gasteiger charge is -2.12. The van der Waals surface area contributed by atoms with Crippen LogP contribution >= 0.6 is 0 Å². The molecule has 0 saturated carbocycles. The van der Waals surface area contributed by atoms with Gasteiger partial charge in [0.15, 0.2) is 5.96 Å². The second kappa shape index (κ2) is 12.1. The van der Waals surface area contributed by atoms with E-state index in [-0.39, 0.29) is 0 Å². The highest BCUT2D eigenvalue weighted by molar-refractivity contribution is 5.79. The fraction of sp³-hybridized carbons (Fsp3) is 0.476. The number of benzene rings is 1. The van der Waals surface area contributed by atoms with E-state index in [0.717, 1.165) is 37.8 Å². The fourth-order valence-corrected chi connectivity index (χ4v) is 2.58. The highest BCUT2D eigenvalue weighted by Crippen LogP contribution is 2.07. The summed E-state index contributed by atoms with van der Waals surface area (Å²) in [6.45, 7) is 6.53. The van der Waals surface area contributed by atoms with Gasteiger partial charge >= 0.3 is 0 Å². The number of hydrogen-bond acceptors (Lipinski definition) is 4. The van der Waals surface area contributed by atoms with Gasteiger partial charge < -0.3 is 24.7 Å². The maximum atomic E-state index is 5.59. The van der Waals surface area contributed by atoms with Crippen molar-refractivity contribution in [2.45, 2.75) is 33.0 Å². The van der Waals surface area contributed by atoms with Gasteiger partial charge in [0, 0.05) is 26.2 Å². The minimum atomic E-state index is 0.519. The molecule has 2 rings (SSSR count). The Morgan fingerprint density at radius 3 is 2.56 bits per heavy atom. The van der Waals surface area contributed by atoms with Crippen molar-refractivity contribution in [2.24, 2.45) is 4.99 Å². The van der Waals surface area contributed by atoms with E-state index in [4.69, 9.17) is 9.15 Å². The lowest BCUT2D eigenvalue weighted by atomic mass is 10.1. The molecule has 6 nitrogen and oxygen atoms in total. The highest BCUT2D eigenvalue weighted by Gasteiger charge is 2.00. The van der Waals surface area contributed by atoms with Gasteiger partial charge in [-0.2, -0.15) is 0 Å². The van der Waals surface area contributed by atoms with Gasteiger partial charge in [-0.25, -0.2) is 4.99 Å². The van der Waals surface area contributed by atoms with Gasteiger partial charge in [0.05, 0.1) is 12.8 Å². The van der Waals surface area contributed by atoms with Crippen LogP contribution in [0, 0.1) is 0 Å². The summed E-state index contributed by atoms with van der Waals surface area (Å²) in [7, 11) is 4.16. The summed E-state index contributed by atoms with van der Waals surface area (Å²) < 4.78 is 10.8. The predicted octanol–water partition coefficient (Wildman–Crippen LogP) is 3.00. The number of hydrogen-bond donors (Lipinski definition) is 2. The Labute approximate surface area is 162 Å². The zero-order valence-corrected chi connectivity index (χ0v) is 16.7. The Balaban J connectivity index is 1.69. The molecule has 1 aromatic heterocycles. The topological polar surface area (TPSA) is 62.0 Å². The molecule has 6 heteroatoms. The van der Waals surface area contributed by atoms with Crippen LogP contribution in [0.25, 0.3) is 0 Å². The zero-order chi connectivity index (χ0) is 19.3. The summed E-state index contributed by atoms with van der Waals surface area (Å²) in [5.74, 6) is 1.69. The third-order valence-corrected chi connectivity index (χ3v) is 3.87. The van der Waals surface area contributed by atoms with Crippen LogP contribution < -0.4 is 10.6 Å². The van der Waals surface area contributed by atoms with Crippen LogP contribution in [-0.2, 0) is 24.4 Å². The van der Waals surface area contributed by atoms with Gasteiger partial charge in [0.2, 0.25) is 0 Å². The van der Waals surface area contributed by atoms with Crippen molar-refractivity contribution in [3.8, 4) is 0 Å². The van der Waals surface area contributed by atoms with Gasteiger partial charge in [0.25, 0.3) is 0 Å². The van der Waals surface area contributed by atoms with Gasteiger partial charge in [-0.15, -0.1) is 0 Å². The number of aliphatic imine (C=N–C) groups is 1. The van der Waals surface area contributed by atoms with Crippen molar-refractivity contribution >= 4 is 5.96 Å². The monoisotopic (exact) mass is 372 g/mol. The first-order valence-corrected chi connectivity index (χ1v) is 9.52. The number of nitrogens with zero attached hydrogens (tertiary/aromatic N) is 2. The van der Waals surface area contributed by atoms with Crippen LogP contribution in [0.15, 0.2) is 52.1 Å². The van der Waals surface area contributed by atoms with Crippen molar-refractivity contribution in [2.75, 3.05) is 33.8 Å². The molecule has 0 bridgehead atoms. The van der Waals surface area contributed by atoms with Gasteiger partial charge in [-0.1, -0.05) is 24.3 Å². The molecule has 0 radical (unpaired) electrons. The van der Waals surface area contributed by atoms with Crippen LogP contribution in [0.2, 0.25) is 0 Å². The first-order chi connectivity index (χ1) is 13.2. The Kier molecular flexibility index (Phi) is 9.44. The van der Waals surface area contributed by atoms with Crippen LogP contribution in [0.1, 0.15) is 30.2 Å². The van der Waals surface area contributed by atoms with Gasteiger partial charge in [0.1, 0.15) is 12.4 Å². The highest BCUT2D eigenvalue weighted by atomic mass is 16.5. The standard InChI is InChI=1S/C21H32N4O2/c1-4-22-21(23-12-6-13-26-17-20-7-5-14-27-20)24-15-18-8-10-19(11-9-18)16-25(2)3/h5,7-11,14H,4,6,12-13,15-17H2,1-3H3,(H2,22,23,24). The number of guanidine groups is 1. The average Bonchev–Trinajstić information content (AvgIpc) is 3.16. The normalized spacial score (nSPS) is 11.8. The van der Waals surface area contributed by atoms with E-state index in [1.807, 2.05) is 12.1 Å². The fourth-order valence-electron chi connectivity index (χ4n) is 2.58. The molecule has 0 unspecified atom stereocenters. The van der Waals surface area contributed by atoms with Crippen LogP contribution in [0.5, 0.6) is 0 Å². The van der Waals surface area contributed by atoms with E-state index in [1.165, 1.54) is 11.1 Å². The summed E-state index contributed by atoms with van der Waals surface area (Å²) in [6, 6.07) is 12.4. The van der Waals surface area contributed by atoms with E-state index in [2.05, 4.69) is 65.8 Å². The molecule has 0 aliphatic rings. The Hall–Kier alpha value is -2.31. The van der Waals surface area contributed by atoms with Crippen molar-refractivity contribution in [1.82, 2.24) is 15.5 Å². The second-order valence-electron chi connectivity index (χ2n) is 6.66. The molecule has 0 saturated heterocycles. The first kappa shape index (κ1) is 21.0. The SMILES string of the molecule is CCNC(=NCc1ccc(CN(C)C)cc1)NCCCOCc1ccco1. The number of nitrogens with one attached hydrogen (secondary N) is 2. The molecule has 0 amide bonds. The lowest BCUT2D eigenvalue weighted by molar-refractivity contribution is 0.105. The summed E-state index contributed by atoms with van der Waals surface area (Å²) in [6.07, 6.45) is 2.57. The molecular formula is C21H32N4O2. The van der Waals surface area contributed by atoms with Crippen molar-refractivity contribution in [1.29, 1.82) is 0 Å². The molecule has 148 valence electrons. The molecule has 1 aromatic carbocycles. The largest absolute Gasteiger partial charge is 0.467 e. The van der Waals surface area contributed by atoms with Crippen molar-refractivity contribution in [3.05, 3.63) is 59.5 Å². The van der Waals surface area contributed by atoms with Crippen molar-refractivity contribution < 1.29 is 9.15 Å². The van der Waals surface area contributed by atoms with Crippen molar-refractivity contribution in [3.63, 3.8) is 0 Å². The third-order valence-electron chi connectivity index (χ3n) is 3.87. The average molecular weight is 373 g/mol. The third kappa shape index (κ3) is 8.75. The summed E-state index contributed by atoms with van der Waals surface area (Å²) >= 11 is 0. The van der Waals surface area contributed by atoms with E-state index in [1.54, 1.807) is 6.26 Å². The molecule has 0 spiro atoms. The molecule has 0 atom stereocenters. The Bertz CT molecular complexity index is 651. The quantitative estimate of drug-likeness (QED) is 0.361. The molecule has 2 aromatic rings. The maximum absolute atomic E-state index is 5.59. The minimum absolute atomic E-state index is 0.519. The molecule has 2 N–H and O–H groups in total. The summed E-state index contributed by atoms with van der Waals surface area (Å²) in [5.41, 5.74) is 2.52. The molecule has 0 aliphatic carbocycles. The Morgan fingerprint density at radius 1 is 1.11 bits per heavy atom. The number of rotatable bonds is 11. The molecule has 27 heavy (non-hydrogen) atoms. The van der Waals surface area contributed by atoms with Crippen LogP contribution in [-0.4, -0.2) is 44.7 Å². The molecule has 0 fully saturated rings. The number of ether oxygens (including phenoxy) is 1. The van der Waals surface area contributed by atoms with Gasteiger partial charge in [-0.05, 0) is 50.7 Å². The molecule has 0 aliphatic heterocycles. The van der Waals surface area contributed by atoms with E-state index in [9.17, 15) is 0 Å². The zero-order valence-electron chi connectivity index (χ0n) is 16.7. The smallest absolute Gasteiger partial charge is 0.191 e. The van der Waals surface area contributed by atoms with E-state index >= 15 is 0 Å². The lowest BCUT2D eigenvalue weighted by Crippen LogP contribution is -2.38. The minimum Gasteiger partial charge on any atom is -0.467 e. The van der Waals surface area contributed by atoms with Gasteiger partial charge in [-0.3, -0.25) is 0 Å². The first-order valence-electron chi connectivity index (χ1n) is 9.52.